The Bertz CT molecular complexity index is 1220. The molecule has 202 valence electrons. The van der Waals surface area contributed by atoms with E-state index in [1.54, 1.807) is 25.3 Å². The normalized spacial score (nSPS) is 14.7. The van der Waals surface area contributed by atoms with E-state index in [1.807, 2.05) is 13.0 Å². The van der Waals surface area contributed by atoms with Crippen LogP contribution in [0.25, 0.3) is 0 Å². The summed E-state index contributed by atoms with van der Waals surface area (Å²) in [6, 6.07) is 10.9. The Morgan fingerprint density at radius 3 is 2.43 bits per heavy atom. The van der Waals surface area contributed by atoms with Crippen molar-refractivity contribution in [3.05, 3.63) is 58.1 Å². The van der Waals surface area contributed by atoms with Gasteiger partial charge in [0, 0.05) is 17.6 Å². The van der Waals surface area contributed by atoms with Crippen molar-refractivity contribution in [2.24, 2.45) is 0 Å². The number of benzene rings is 2. The number of ether oxygens (including phenoxy) is 1. The molecule has 1 saturated carbocycles. The molecule has 1 aliphatic carbocycles. The minimum Gasteiger partial charge on any atom is -0.497 e. The van der Waals surface area contributed by atoms with E-state index >= 15 is 0 Å². The first-order valence-corrected chi connectivity index (χ1v) is 14.8. The molecular formula is C26H33Cl2N3O5S. The summed E-state index contributed by atoms with van der Waals surface area (Å²) in [4.78, 5) is 28.6. The fourth-order valence-electron chi connectivity index (χ4n) is 4.53. The van der Waals surface area contributed by atoms with Crippen LogP contribution in [0.15, 0.2) is 42.5 Å². The predicted octanol–water partition coefficient (Wildman–Crippen LogP) is 4.63. The van der Waals surface area contributed by atoms with E-state index in [-0.39, 0.29) is 29.2 Å². The molecule has 0 radical (unpaired) electrons. The zero-order valence-corrected chi connectivity index (χ0v) is 23.6. The molecule has 8 nitrogen and oxygen atoms in total. The standard InChI is InChI=1S/C26H33Cl2N3O5S/c1-4-23(26(33)29-20-9-5-6-10-20)30(16-18-8-7-11-21(14-18)36-2)25(32)17-31(37(3,34)35)24-13-12-19(27)15-22(24)28/h7-8,11-15,20,23H,4-6,9-10,16-17H2,1-3H3,(H,29,33)/t23-/m0/s1. The highest BCUT2D eigenvalue weighted by atomic mass is 35.5. The molecule has 0 bridgehead atoms. The van der Waals surface area contributed by atoms with E-state index in [9.17, 15) is 18.0 Å². The van der Waals surface area contributed by atoms with Crippen LogP contribution in [-0.4, -0.2) is 57.1 Å². The molecule has 2 amide bonds. The Labute approximate surface area is 228 Å². The van der Waals surface area contributed by atoms with Crippen molar-refractivity contribution in [1.29, 1.82) is 0 Å². The molecule has 11 heteroatoms. The maximum absolute atomic E-state index is 13.8. The third-order valence-corrected chi connectivity index (χ3v) is 8.10. The van der Waals surface area contributed by atoms with E-state index in [4.69, 9.17) is 27.9 Å². The van der Waals surface area contributed by atoms with Crippen LogP contribution in [0.3, 0.4) is 0 Å². The lowest BCUT2D eigenvalue weighted by molar-refractivity contribution is -0.140. The molecule has 1 N–H and O–H groups in total. The summed E-state index contributed by atoms with van der Waals surface area (Å²) in [5.74, 6) is -0.173. The lowest BCUT2D eigenvalue weighted by Crippen LogP contribution is -2.53. The summed E-state index contributed by atoms with van der Waals surface area (Å²) in [7, 11) is -2.35. The van der Waals surface area contributed by atoms with Gasteiger partial charge in [0.1, 0.15) is 18.3 Å². The van der Waals surface area contributed by atoms with Crippen molar-refractivity contribution in [3.63, 3.8) is 0 Å². The maximum Gasteiger partial charge on any atom is 0.244 e. The second-order valence-corrected chi connectivity index (χ2v) is 11.9. The molecule has 0 heterocycles. The molecule has 2 aromatic carbocycles. The Morgan fingerprint density at radius 2 is 1.84 bits per heavy atom. The highest BCUT2D eigenvalue weighted by Gasteiger charge is 2.33. The molecule has 37 heavy (non-hydrogen) atoms. The first kappa shape index (κ1) is 29.1. The van der Waals surface area contributed by atoms with E-state index in [1.165, 1.54) is 23.1 Å². The maximum atomic E-state index is 13.8. The van der Waals surface area contributed by atoms with Gasteiger partial charge in [0.25, 0.3) is 0 Å². The first-order chi connectivity index (χ1) is 17.5. The minimum absolute atomic E-state index is 0.0794. The van der Waals surface area contributed by atoms with E-state index in [0.29, 0.717) is 17.2 Å². The number of rotatable bonds is 11. The number of anilines is 1. The number of nitrogens with one attached hydrogen (secondary N) is 1. The smallest absolute Gasteiger partial charge is 0.244 e. The van der Waals surface area contributed by atoms with Gasteiger partial charge in [0.15, 0.2) is 0 Å². The van der Waals surface area contributed by atoms with Crippen LogP contribution in [-0.2, 0) is 26.2 Å². The van der Waals surface area contributed by atoms with Gasteiger partial charge >= 0.3 is 0 Å². The monoisotopic (exact) mass is 569 g/mol. The Morgan fingerprint density at radius 1 is 1.14 bits per heavy atom. The molecule has 1 atom stereocenters. The van der Waals surface area contributed by atoms with E-state index in [0.717, 1.165) is 41.8 Å². The number of methoxy groups -OCH3 is 1. The number of carbonyl (C=O) groups is 2. The number of carbonyl (C=O) groups excluding carboxylic acids is 2. The predicted molar refractivity (Wildman–Crippen MR) is 147 cm³/mol. The number of hydrogen-bond acceptors (Lipinski definition) is 5. The molecule has 2 aromatic rings. The molecular weight excluding hydrogens is 537 g/mol. The summed E-state index contributed by atoms with van der Waals surface area (Å²) in [5.41, 5.74) is 0.877. The Hall–Kier alpha value is -2.49. The second-order valence-electron chi connectivity index (χ2n) is 9.15. The summed E-state index contributed by atoms with van der Waals surface area (Å²) in [6.07, 6.45) is 5.28. The number of hydrogen-bond donors (Lipinski definition) is 1. The van der Waals surface area contributed by atoms with Crippen molar-refractivity contribution in [2.75, 3.05) is 24.2 Å². The van der Waals surface area contributed by atoms with Gasteiger partial charge in [0.2, 0.25) is 21.8 Å². The molecule has 0 aromatic heterocycles. The van der Waals surface area contributed by atoms with Crippen molar-refractivity contribution in [1.82, 2.24) is 10.2 Å². The van der Waals surface area contributed by atoms with Crippen LogP contribution in [0.1, 0.15) is 44.6 Å². The SMILES string of the molecule is CC[C@@H](C(=O)NC1CCCC1)N(Cc1cccc(OC)c1)C(=O)CN(c1ccc(Cl)cc1Cl)S(C)(=O)=O. The van der Waals surface area contributed by atoms with Gasteiger partial charge in [-0.3, -0.25) is 13.9 Å². The number of sulfonamides is 1. The van der Waals surface area contributed by atoms with Crippen LogP contribution < -0.4 is 14.4 Å². The zero-order valence-electron chi connectivity index (χ0n) is 21.2. The van der Waals surface area contributed by atoms with Gasteiger partial charge in [0.05, 0.1) is 24.1 Å². The van der Waals surface area contributed by atoms with Gasteiger partial charge in [-0.2, -0.15) is 0 Å². The van der Waals surface area contributed by atoms with Gasteiger partial charge < -0.3 is 15.0 Å². The fourth-order valence-corrected chi connectivity index (χ4v) is 5.95. The van der Waals surface area contributed by atoms with Crippen LogP contribution in [0, 0.1) is 0 Å². The van der Waals surface area contributed by atoms with Crippen molar-refractivity contribution < 1.29 is 22.7 Å². The van der Waals surface area contributed by atoms with Crippen LogP contribution in [0.2, 0.25) is 10.0 Å². The highest BCUT2D eigenvalue weighted by Crippen LogP contribution is 2.31. The lowest BCUT2D eigenvalue weighted by atomic mass is 10.1. The van der Waals surface area contributed by atoms with E-state index < -0.39 is 28.5 Å². The molecule has 0 aliphatic heterocycles. The van der Waals surface area contributed by atoms with Crippen LogP contribution in [0.4, 0.5) is 5.69 Å². The quantitative estimate of drug-likeness (QED) is 0.425. The number of amides is 2. The topological polar surface area (TPSA) is 96.0 Å². The van der Waals surface area contributed by atoms with Gasteiger partial charge in [-0.25, -0.2) is 8.42 Å². The van der Waals surface area contributed by atoms with Gasteiger partial charge in [-0.15, -0.1) is 0 Å². The molecule has 0 spiro atoms. The largest absolute Gasteiger partial charge is 0.497 e. The Kier molecular flexibility index (Phi) is 10.1. The van der Waals surface area contributed by atoms with Crippen molar-refractivity contribution in [2.45, 2.75) is 57.7 Å². The van der Waals surface area contributed by atoms with Gasteiger partial charge in [-0.1, -0.05) is 55.1 Å². The highest BCUT2D eigenvalue weighted by molar-refractivity contribution is 7.92. The van der Waals surface area contributed by atoms with E-state index in [2.05, 4.69) is 5.32 Å². The fraction of sp³-hybridized carbons (Fsp3) is 0.462. The average molecular weight is 571 g/mol. The number of halogens is 2. The van der Waals surface area contributed by atoms with Crippen molar-refractivity contribution in [3.8, 4) is 5.75 Å². The average Bonchev–Trinajstić information content (AvgIpc) is 3.35. The lowest BCUT2D eigenvalue weighted by Gasteiger charge is -2.33. The number of nitrogens with zero attached hydrogens (tertiary/aromatic N) is 2. The molecule has 3 rings (SSSR count). The van der Waals surface area contributed by atoms with Crippen LogP contribution >= 0.6 is 23.2 Å². The van der Waals surface area contributed by atoms with Crippen molar-refractivity contribution >= 4 is 50.7 Å². The summed E-state index contributed by atoms with van der Waals surface area (Å²) in [6.45, 7) is 1.39. The third kappa shape index (κ3) is 7.75. The zero-order chi connectivity index (χ0) is 27.2. The van der Waals surface area contributed by atoms with Crippen LogP contribution in [0.5, 0.6) is 5.75 Å². The summed E-state index contributed by atoms with van der Waals surface area (Å²) in [5, 5.41) is 3.51. The minimum atomic E-state index is -3.90. The second kappa shape index (κ2) is 12.8. The molecule has 0 saturated heterocycles. The molecule has 1 aliphatic rings. The Balaban J connectivity index is 1.95. The summed E-state index contributed by atoms with van der Waals surface area (Å²) >= 11 is 12.3. The molecule has 1 fully saturated rings. The third-order valence-electron chi connectivity index (χ3n) is 6.43. The van der Waals surface area contributed by atoms with Gasteiger partial charge in [-0.05, 0) is 55.2 Å². The first-order valence-electron chi connectivity index (χ1n) is 12.2. The molecule has 0 unspecified atom stereocenters. The summed E-state index contributed by atoms with van der Waals surface area (Å²) < 4.78 is 31.7.